The molecule has 0 aliphatic carbocycles. The summed E-state index contributed by atoms with van der Waals surface area (Å²) in [5, 5.41) is 0. The van der Waals surface area contributed by atoms with Crippen molar-refractivity contribution in [3.63, 3.8) is 0 Å². The Morgan fingerprint density at radius 1 is 1.29 bits per heavy atom. The number of aromatic amines is 1. The first kappa shape index (κ1) is 15.3. The molecule has 0 unspecified atom stereocenters. The predicted molar refractivity (Wildman–Crippen MR) is 83.8 cm³/mol. The Kier molecular flexibility index (Phi) is 4.78. The molecule has 2 aromatic rings. The third kappa shape index (κ3) is 3.72. The summed E-state index contributed by atoms with van der Waals surface area (Å²) in [5.74, 6) is 1.08. The predicted octanol–water partition coefficient (Wildman–Crippen LogP) is 3.12. The molecule has 1 atom stereocenters. The number of aryl methyl sites for hydroxylation is 1. The van der Waals surface area contributed by atoms with Gasteiger partial charge in [-0.2, -0.15) is 0 Å². The lowest BCUT2D eigenvalue weighted by Gasteiger charge is -2.26. The quantitative estimate of drug-likeness (QED) is 0.917. The molecule has 0 fully saturated rings. The van der Waals surface area contributed by atoms with E-state index in [0.717, 1.165) is 17.1 Å². The summed E-state index contributed by atoms with van der Waals surface area (Å²) in [7, 11) is 1.83. The first-order valence-corrected chi connectivity index (χ1v) is 7.29. The molecule has 1 aromatic carbocycles. The molecule has 0 saturated heterocycles. The van der Waals surface area contributed by atoms with Crippen molar-refractivity contribution in [2.75, 3.05) is 7.05 Å². The lowest BCUT2D eigenvalue weighted by molar-refractivity contribution is -0.133. The zero-order valence-corrected chi connectivity index (χ0v) is 13.1. The largest absolute Gasteiger partial charge is 0.345 e. The Labute approximate surface area is 126 Å². The number of nitrogens with one attached hydrogen (secondary N) is 1. The molecule has 1 heterocycles. The highest BCUT2D eigenvalue weighted by Gasteiger charge is 2.27. The summed E-state index contributed by atoms with van der Waals surface area (Å²) >= 11 is 0. The van der Waals surface area contributed by atoms with Gasteiger partial charge in [-0.15, -0.1) is 0 Å². The van der Waals surface area contributed by atoms with Crippen LogP contribution in [0, 0.1) is 12.8 Å². The Balaban J connectivity index is 2.15. The summed E-state index contributed by atoms with van der Waals surface area (Å²) < 4.78 is 0. The van der Waals surface area contributed by atoms with E-state index in [1.165, 1.54) is 0 Å². The minimum Gasteiger partial charge on any atom is -0.345 e. The average molecular weight is 285 g/mol. The van der Waals surface area contributed by atoms with E-state index >= 15 is 0 Å². The molecule has 1 N–H and O–H groups in total. The van der Waals surface area contributed by atoms with E-state index in [1.54, 1.807) is 11.1 Å². The van der Waals surface area contributed by atoms with Crippen LogP contribution in [-0.2, 0) is 11.3 Å². The summed E-state index contributed by atoms with van der Waals surface area (Å²) in [5.41, 5.74) is 2.08. The van der Waals surface area contributed by atoms with Crippen molar-refractivity contribution in [1.29, 1.82) is 0 Å². The molecular formula is C17H23N3O. The van der Waals surface area contributed by atoms with Crippen molar-refractivity contribution in [3.05, 3.63) is 53.6 Å². The van der Waals surface area contributed by atoms with E-state index in [9.17, 15) is 4.79 Å². The van der Waals surface area contributed by atoms with E-state index in [2.05, 4.69) is 23.8 Å². The number of imidazole rings is 1. The van der Waals surface area contributed by atoms with Crippen LogP contribution in [0.2, 0.25) is 0 Å². The number of H-pyrrole nitrogens is 1. The van der Waals surface area contributed by atoms with Gasteiger partial charge in [-0.1, -0.05) is 44.2 Å². The molecule has 1 amide bonds. The highest BCUT2D eigenvalue weighted by molar-refractivity contribution is 5.83. The number of carbonyl (C=O) groups is 1. The first-order valence-electron chi connectivity index (χ1n) is 7.29. The number of nitrogens with zero attached hydrogens (tertiary/aromatic N) is 2. The van der Waals surface area contributed by atoms with Gasteiger partial charge < -0.3 is 9.88 Å². The normalized spacial score (nSPS) is 12.4. The summed E-state index contributed by atoms with van der Waals surface area (Å²) in [4.78, 5) is 22.0. The van der Waals surface area contributed by atoms with Gasteiger partial charge in [0.15, 0.2) is 0 Å². The number of rotatable bonds is 5. The van der Waals surface area contributed by atoms with Crippen LogP contribution in [0.5, 0.6) is 0 Å². The molecule has 4 heteroatoms. The lowest BCUT2D eigenvalue weighted by atomic mass is 9.87. The van der Waals surface area contributed by atoms with Gasteiger partial charge in [0.05, 0.1) is 12.5 Å². The molecule has 112 valence electrons. The number of aromatic nitrogens is 2. The third-order valence-corrected chi connectivity index (χ3v) is 3.61. The molecule has 0 spiro atoms. The summed E-state index contributed by atoms with van der Waals surface area (Å²) in [6.07, 6.45) is 1.78. The van der Waals surface area contributed by atoms with Gasteiger partial charge in [-0.25, -0.2) is 4.98 Å². The van der Waals surface area contributed by atoms with E-state index < -0.39 is 0 Å². The van der Waals surface area contributed by atoms with Gasteiger partial charge in [-0.3, -0.25) is 4.79 Å². The maximum absolute atomic E-state index is 12.8. The molecule has 21 heavy (non-hydrogen) atoms. The second-order valence-corrected chi connectivity index (χ2v) is 5.84. The molecule has 0 radical (unpaired) electrons. The molecule has 2 rings (SSSR count). The van der Waals surface area contributed by atoms with Crippen LogP contribution in [0.4, 0.5) is 0 Å². The van der Waals surface area contributed by atoms with Crippen molar-refractivity contribution in [2.24, 2.45) is 5.92 Å². The second-order valence-electron chi connectivity index (χ2n) is 5.84. The van der Waals surface area contributed by atoms with E-state index in [-0.39, 0.29) is 17.7 Å². The van der Waals surface area contributed by atoms with E-state index in [1.807, 2.05) is 44.3 Å². The first-order chi connectivity index (χ1) is 9.99. The highest BCUT2D eigenvalue weighted by Crippen LogP contribution is 2.26. The highest BCUT2D eigenvalue weighted by atomic mass is 16.2. The van der Waals surface area contributed by atoms with Crippen LogP contribution in [0.25, 0.3) is 0 Å². The topological polar surface area (TPSA) is 49.0 Å². The lowest BCUT2D eigenvalue weighted by Crippen LogP contribution is -2.34. The fourth-order valence-corrected chi connectivity index (χ4v) is 2.56. The molecule has 4 nitrogen and oxygen atoms in total. The van der Waals surface area contributed by atoms with Crippen LogP contribution < -0.4 is 0 Å². The van der Waals surface area contributed by atoms with E-state index in [4.69, 9.17) is 0 Å². The standard InChI is InChI=1S/C17H23N3O/c1-12(2)16(14-8-6-5-7-9-14)17(21)20(4)11-15-18-10-13(3)19-15/h5-10,12,16H,11H2,1-4H3,(H,18,19)/t16-/m1/s1. The number of carbonyl (C=O) groups excluding carboxylic acids is 1. The maximum Gasteiger partial charge on any atom is 0.230 e. The molecule has 0 saturated carbocycles. The van der Waals surface area contributed by atoms with Crippen LogP contribution >= 0.6 is 0 Å². The number of amides is 1. The Hall–Kier alpha value is -2.10. The van der Waals surface area contributed by atoms with Crippen molar-refractivity contribution < 1.29 is 4.79 Å². The second kappa shape index (κ2) is 6.57. The van der Waals surface area contributed by atoms with Crippen molar-refractivity contribution in [3.8, 4) is 0 Å². The van der Waals surface area contributed by atoms with Crippen LogP contribution in [0.15, 0.2) is 36.5 Å². The zero-order chi connectivity index (χ0) is 15.4. The molecule has 0 aliphatic rings. The minimum absolute atomic E-state index is 0.118. The third-order valence-electron chi connectivity index (χ3n) is 3.61. The Bertz CT molecular complexity index is 589. The van der Waals surface area contributed by atoms with Gasteiger partial charge in [0.2, 0.25) is 5.91 Å². The van der Waals surface area contributed by atoms with Crippen LogP contribution in [-0.4, -0.2) is 27.8 Å². The molecule has 0 bridgehead atoms. The van der Waals surface area contributed by atoms with Crippen molar-refractivity contribution >= 4 is 5.91 Å². The number of likely N-dealkylation sites (N-methyl/N-ethyl adjacent to an activating group) is 1. The Morgan fingerprint density at radius 2 is 1.95 bits per heavy atom. The smallest absolute Gasteiger partial charge is 0.230 e. The number of hydrogen-bond donors (Lipinski definition) is 1. The average Bonchev–Trinajstić information content (AvgIpc) is 2.85. The summed E-state index contributed by atoms with van der Waals surface area (Å²) in [6, 6.07) is 9.98. The molecule has 0 aliphatic heterocycles. The van der Waals surface area contributed by atoms with Gasteiger partial charge in [0.1, 0.15) is 5.82 Å². The SMILES string of the molecule is Cc1cnc(CN(C)C(=O)[C@@H](c2ccccc2)C(C)C)[nH]1. The number of benzene rings is 1. The van der Waals surface area contributed by atoms with Crippen molar-refractivity contribution in [1.82, 2.24) is 14.9 Å². The fraction of sp³-hybridized carbons (Fsp3) is 0.412. The van der Waals surface area contributed by atoms with Gasteiger partial charge >= 0.3 is 0 Å². The molecular weight excluding hydrogens is 262 g/mol. The zero-order valence-electron chi connectivity index (χ0n) is 13.1. The summed E-state index contributed by atoms with van der Waals surface area (Å²) in [6.45, 7) is 6.63. The monoisotopic (exact) mass is 285 g/mol. The minimum atomic E-state index is -0.118. The van der Waals surface area contributed by atoms with Crippen LogP contribution in [0.1, 0.15) is 36.8 Å². The van der Waals surface area contributed by atoms with Gasteiger partial charge in [0, 0.05) is 18.9 Å². The Morgan fingerprint density at radius 3 is 2.48 bits per heavy atom. The maximum atomic E-state index is 12.8. The fourth-order valence-electron chi connectivity index (χ4n) is 2.56. The van der Waals surface area contributed by atoms with Crippen molar-refractivity contribution in [2.45, 2.75) is 33.2 Å². The molecule has 1 aromatic heterocycles. The van der Waals surface area contributed by atoms with Crippen LogP contribution in [0.3, 0.4) is 0 Å². The van der Waals surface area contributed by atoms with E-state index in [0.29, 0.717) is 6.54 Å². The van der Waals surface area contributed by atoms with Gasteiger partial charge in [0.25, 0.3) is 0 Å². The van der Waals surface area contributed by atoms with Gasteiger partial charge in [-0.05, 0) is 18.4 Å². The number of hydrogen-bond acceptors (Lipinski definition) is 2.